The van der Waals surface area contributed by atoms with Gasteiger partial charge in [0.15, 0.2) is 0 Å². The highest BCUT2D eigenvalue weighted by molar-refractivity contribution is 6.27. The van der Waals surface area contributed by atoms with Gasteiger partial charge in [0.25, 0.3) is 0 Å². The lowest BCUT2D eigenvalue weighted by molar-refractivity contribution is 1.18. The lowest BCUT2D eigenvalue weighted by atomic mass is 9.97. The van der Waals surface area contributed by atoms with Gasteiger partial charge in [0.1, 0.15) is 0 Å². The minimum Gasteiger partial charge on any atom is -0.309 e. The van der Waals surface area contributed by atoms with Crippen molar-refractivity contribution in [1.82, 2.24) is 14.5 Å². The van der Waals surface area contributed by atoms with E-state index < -0.39 is 0 Å². The summed E-state index contributed by atoms with van der Waals surface area (Å²) in [6.45, 7) is 0. The molecule has 0 fully saturated rings. The summed E-state index contributed by atoms with van der Waals surface area (Å²) in [5.41, 5.74) is 10.2. The number of fused-ring (bicyclic) bond motifs is 9. The third-order valence-electron chi connectivity index (χ3n) is 8.69. The minimum atomic E-state index is 0.934. The summed E-state index contributed by atoms with van der Waals surface area (Å²) in [6, 6.07) is 50.1. The van der Waals surface area contributed by atoms with Crippen LogP contribution in [0.15, 0.2) is 152 Å². The summed E-state index contributed by atoms with van der Waals surface area (Å²) in [7, 11) is 0. The van der Waals surface area contributed by atoms with Crippen molar-refractivity contribution in [3.8, 4) is 27.9 Å². The van der Waals surface area contributed by atoms with Gasteiger partial charge < -0.3 is 4.57 Å². The zero-order valence-electron chi connectivity index (χ0n) is 23.3. The molecule has 0 saturated heterocycles. The number of para-hydroxylation sites is 1. The molecule has 0 spiro atoms. The van der Waals surface area contributed by atoms with E-state index in [2.05, 4.69) is 144 Å². The third kappa shape index (κ3) is 3.68. The molecule has 0 aliphatic rings. The van der Waals surface area contributed by atoms with Crippen molar-refractivity contribution in [3.63, 3.8) is 0 Å². The van der Waals surface area contributed by atoms with Gasteiger partial charge in [-0.3, -0.25) is 9.97 Å². The average molecular weight is 548 g/mol. The van der Waals surface area contributed by atoms with E-state index in [0.717, 1.165) is 33.0 Å². The van der Waals surface area contributed by atoms with Crippen LogP contribution in [0.2, 0.25) is 0 Å². The summed E-state index contributed by atoms with van der Waals surface area (Å²) in [5, 5.41) is 7.13. The van der Waals surface area contributed by atoms with Crippen molar-refractivity contribution in [2.45, 2.75) is 0 Å². The molecule has 0 bridgehead atoms. The molecule has 2 aromatic heterocycles. The van der Waals surface area contributed by atoms with E-state index in [1.165, 1.54) is 49.3 Å². The highest BCUT2D eigenvalue weighted by atomic mass is 15.0. The number of hydrogen-bond acceptors (Lipinski definition) is 2. The summed E-state index contributed by atoms with van der Waals surface area (Å²) >= 11 is 0. The molecular weight excluding hydrogens is 522 g/mol. The predicted molar refractivity (Wildman–Crippen MR) is 180 cm³/mol. The zero-order valence-corrected chi connectivity index (χ0v) is 23.3. The summed E-state index contributed by atoms with van der Waals surface area (Å²) in [5.74, 6) is 0. The number of rotatable bonds is 3. The number of benzene rings is 7. The van der Waals surface area contributed by atoms with E-state index in [1.54, 1.807) is 12.4 Å². The molecule has 0 unspecified atom stereocenters. The Morgan fingerprint density at radius 1 is 0.349 bits per heavy atom. The van der Waals surface area contributed by atoms with Gasteiger partial charge in [-0.25, -0.2) is 0 Å². The molecule has 200 valence electrons. The maximum atomic E-state index is 4.82. The van der Waals surface area contributed by atoms with E-state index in [4.69, 9.17) is 9.97 Å². The standard InChI is InChI=1S/C40H25N3/c1-2-8-26(9-3-1)27-14-16-28(17-15-27)29-18-20-30(21-19-29)43-37-13-7-6-11-32(37)35-24-34-31-10-4-5-12-33(31)39-40(42-23-22-41-39)36(34)25-38(35)43/h1-25H. The van der Waals surface area contributed by atoms with Crippen LogP contribution in [0.3, 0.4) is 0 Å². The molecule has 43 heavy (non-hydrogen) atoms. The van der Waals surface area contributed by atoms with Gasteiger partial charge >= 0.3 is 0 Å². The Bertz CT molecular complexity index is 2470. The van der Waals surface area contributed by atoms with Gasteiger partial charge in [-0.1, -0.05) is 109 Å². The maximum absolute atomic E-state index is 4.82. The fourth-order valence-electron chi connectivity index (χ4n) is 6.66. The molecule has 2 heterocycles. The molecule has 0 amide bonds. The predicted octanol–water partition coefficient (Wildman–Crippen LogP) is 10.4. The second-order valence-electron chi connectivity index (χ2n) is 11.1. The second-order valence-corrected chi connectivity index (χ2v) is 11.1. The molecule has 0 saturated carbocycles. The molecule has 0 atom stereocenters. The van der Waals surface area contributed by atoms with Crippen molar-refractivity contribution in [2.24, 2.45) is 0 Å². The quantitative estimate of drug-likeness (QED) is 0.206. The topological polar surface area (TPSA) is 30.7 Å². The van der Waals surface area contributed by atoms with Crippen LogP contribution < -0.4 is 0 Å². The van der Waals surface area contributed by atoms with E-state index in [-0.39, 0.29) is 0 Å². The molecule has 9 rings (SSSR count). The van der Waals surface area contributed by atoms with Crippen LogP contribution in [-0.4, -0.2) is 14.5 Å². The highest BCUT2D eigenvalue weighted by Crippen LogP contribution is 2.40. The van der Waals surface area contributed by atoms with E-state index >= 15 is 0 Å². The monoisotopic (exact) mass is 547 g/mol. The lowest BCUT2D eigenvalue weighted by Crippen LogP contribution is -1.94. The van der Waals surface area contributed by atoms with Crippen LogP contribution in [0.25, 0.3) is 82.3 Å². The van der Waals surface area contributed by atoms with Gasteiger partial charge in [-0.15, -0.1) is 0 Å². The minimum absolute atomic E-state index is 0.934. The molecule has 0 radical (unpaired) electrons. The van der Waals surface area contributed by atoms with Gasteiger partial charge in [0.05, 0.1) is 22.1 Å². The van der Waals surface area contributed by atoms with Crippen molar-refractivity contribution in [2.75, 3.05) is 0 Å². The molecule has 3 nitrogen and oxygen atoms in total. The number of aromatic nitrogens is 3. The molecule has 3 heteroatoms. The fourth-order valence-corrected chi connectivity index (χ4v) is 6.66. The molecule has 9 aromatic rings. The molecule has 7 aromatic carbocycles. The van der Waals surface area contributed by atoms with Crippen molar-refractivity contribution < 1.29 is 0 Å². The summed E-state index contributed by atoms with van der Waals surface area (Å²) < 4.78 is 2.38. The van der Waals surface area contributed by atoms with E-state index in [0.29, 0.717) is 0 Å². The van der Waals surface area contributed by atoms with Gasteiger partial charge in [-0.2, -0.15) is 0 Å². The Morgan fingerprint density at radius 3 is 1.58 bits per heavy atom. The average Bonchev–Trinajstić information content (AvgIpc) is 3.41. The fraction of sp³-hybridized carbons (Fsp3) is 0. The Kier molecular flexibility index (Phi) is 5.20. The zero-order chi connectivity index (χ0) is 28.3. The first-order valence-electron chi connectivity index (χ1n) is 14.6. The van der Waals surface area contributed by atoms with Crippen LogP contribution >= 0.6 is 0 Å². The first kappa shape index (κ1) is 23.9. The second kappa shape index (κ2) is 9.37. The first-order valence-corrected chi connectivity index (χ1v) is 14.6. The Balaban J connectivity index is 1.24. The Morgan fingerprint density at radius 2 is 0.884 bits per heavy atom. The van der Waals surface area contributed by atoms with Gasteiger partial charge in [0, 0.05) is 39.6 Å². The molecule has 0 aliphatic carbocycles. The van der Waals surface area contributed by atoms with Gasteiger partial charge in [0.2, 0.25) is 0 Å². The normalized spacial score (nSPS) is 11.7. The Labute approximate surface area is 248 Å². The van der Waals surface area contributed by atoms with Crippen LogP contribution in [0.1, 0.15) is 0 Å². The van der Waals surface area contributed by atoms with Gasteiger partial charge in [-0.05, 0) is 63.4 Å². The van der Waals surface area contributed by atoms with E-state index in [9.17, 15) is 0 Å². The number of nitrogens with zero attached hydrogens (tertiary/aromatic N) is 3. The number of hydrogen-bond donors (Lipinski definition) is 0. The van der Waals surface area contributed by atoms with Crippen LogP contribution in [0.5, 0.6) is 0 Å². The molecule has 0 N–H and O–H groups in total. The largest absolute Gasteiger partial charge is 0.309 e. The van der Waals surface area contributed by atoms with Crippen LogP contribution in [0.4, 0.5) is 0 Å². The molecule has 0 aliphatic heterocycles. The highest BCUT2D eigenvalue weighted by Gasteiger charge is 2.17. The summed E-state index contributed by atoms with van der Waals surface area (Å²) in [4.78, 5) is 9.58. The van der Waals surface area contributed by atoms with Crippen molar-refractivity contribution in [3.05, 3.63) is 152 Å². The van der Waals surface area contributed by atoms with Crippen LogP contribution in [-0.2, 0) is 0 Å². The lowest BCUT2D eigenvalue weighted by Gasteiger charge is -2.12. The van der Waals surface area contributed by atoms with Crippen molar-refractivity contribution >= 4 is 54.4 Å². The Hall–Kier alpha value is -5.80. The van der Waals surface area contributed by atoms with E-state index in [1.807, 2.05) is 0 Å². The molecular formula is C40H25N3. The third-order valence-corrected chi connectivity index (χ3v) is 8.69. The first-order chi connectivity index (χ1) is 21.3. The SMILES string of the molecule is c1ccc(-c2ccc(-c3ccc(-n4c5ccccc5c5cc6c7ccccc7c7nccnc7c6cc54)cc3)cc2)cc1. The van der Waals surface area contributed by atoms with Crippen LogP contribution in [0, 0.1) is 0 Å². The summed E-state index contributed by atoms with van der Waals surface area (Å²) in [6.07, 6.45) is 3.58. The van der Waals surface area contributed by atoms with Crippen molar-refractivity contribution in [1.29, 1.82) is 0 Å². The maximum Gasteiger partial charge on any atom is 0.0972 e. The smallest absolute Gasteiger partial charge is 0.0972 e.